The molecular weight excluding hydrogens is 240 g/mol. The van der Waals surface area contributed by atoms with Crippen molar-refractivity contribution in [2.45, 2.75) is 52.1 Å². The molecule has 4 heteroatoms. The summed E-state index contributed by atoms with van der Waals surface area (Å²) in [5.74, 6) is 1.30. The summed E-state index contributed by atoms with van der Waals surface area (Å²) >= 11 is 0. The van der Waals surface area contributed by atoms with Gasteiger partial charge in [0.15, 0.2) is 0 Å². The van der Waals surface area contributed by atoms with Gasteiger partial charge in [-0.25, -0.2) is 0 Å². The van der Waals surface area contributed by atoms with Crippen LogP contribution in [0.3, 0.4) is 0 Å². The molecule has 2 heterocycles. The van der Waals surface area contributed by atoms with E-state index in [2.05, 4.69) is 31.0 Å². The van der Waals surface area contributed by atoms with Gasteiger partial charge < -0.3 is 10.1 Å². The summed E-state index contributed by atoms with van der Waals surface area (Å²) in [6.45, 7) is 12.3. The highest BCUT2D eigenvalue weighted by atomic mass is 16.5. The third kappa shape index (κ3) is 2.65. The summed E-state index contributed by atoms with van der Waals surface area (Å²) in [5.41, 5.74) is 0.0841. The number of nitrogens with one attached hydrogen (secondary N) is 1. The molecule has 2 fully saturated rings. The van der Waals surface area contributed by atoms with Crippen molar-refractivity contribution in [1.29, 1.82) is 0 Å². The highest BCUT2D eigenvalue weighted by molar-refractivity contribution is 5.76. The Bertz CT molecular complexity index is 330. The smallest absolute Gasteiger partial charge is 0.323 e. The van der Waals surface area contributed by atoms with Gasteiger partial charge in [-0.1, -0.05) is 13.3 Å². The van der Waals surface area contributed by atoms with Crippen LogP contribution in [0, 0.1) is 11.8 Å². The highest BCUT2D eigenvalue weighted by Gasteiger charge is 2.52. The Morgan fingerprint density at radius 2 is 2.16 bits per heavy atom. The summed E-state index contributed by atoms with van der Waals surface area (Å²) in [6.07, 6.45) is 1.92. The van der Waals surface area contributed by atoms with Gasteiger partial charge in [0.1, 0.15) is 6.04 Å². The Kier molecular flexibility index (Phi) is 4.51. The molecule has 0 aromatic carbocycles. The van der Waals surface area contributed by atoms with Crippen LogP contribution in [0.4, 0.5) is 0 Å². The predicted octanol–water partition coefficient (Wildman–Crippen LogP) is 1.65. The fourth-order valence-corrected chi connectivity index (χ4v) is 3.89. The van der Waals surface area contributed by atoms with E-state index in [9.17, 15) is 4.79 Å². The number of hydrogen-bond acceptors (Lipinski definition) is 4. The lowest BCUT2D eigenvalue weighted by Gasteiger charge is -2.39. The van der Waals surface area contributed by atoms with Gasteiger partial charge >= 0.3 is 5.97 Å². The molecule has 0 aliphatic carbocycles. The van der Waals surface area contributed by atoms with E-state index in [4.69, 9.17) is 4.74 Å². The second-order valence-electron chi connectivity index (χ2n) is 6.39. The average Bonchev–Trinajstić information content (AvgIpc) is 2.90. The molecule has 110 valence electrons. The van der Waals surface area contributed by atoms with E-state index in [1.807, 2.05) is 6.92 Å². The Morgan fingerprint density at radius 1 is 1.42 bits per heavy atom. The Labute approximate surface area is 116 Å². The van der Waals surface area contributed by atoms with Crippen molar-refractivity contribution in [2.75, 3.05) is 26.2 Å². The normalized spacial score (nSPS) is 31.2. The van der Waals surface area contributed by atoms with Gasteiger partial charge in [0.2, 0.25) is 0 Å². The molecule has 19 heavy (non-hydrogen) atoms. The minimum Gasteiger partial charge on any atom is -0.465 e. The number of esters is 1. The number of carbonyl (C=O) groups excluding carboxylic acids is 1. The van der Waals surface area contributed by atoms with Crippen LogP contribution in [0.2, 0.25) is 0 Å². The molecule has 0 spiro atoms. The van der Waals surface area contributed by atoms with Crippen LogP contribution in [0.25, 0.3) is 0 Å². The van der Waals surface area contributed by atoms with Gasteiger partial charge in [-0.3, -0.25) is 9.69 Å². The average molecular weight is 268 g/mol. The van der Waals surface area contributed by atoms with Crippen LogP contribution in [-0.2, 0) is 9.53 Å². The minimum atomic E-state index is -0.0643. The fraction of sp³-hybridized carbons (Fsp3) is 0.933. The van der Waals surface area contributed by atoms with Gasteiger partial charge in [0.25, 0.3) is 0 Å². The molecule has 0 bridgehead atoms. The van der Waals surface area contributed by atoms with E-state index in [0.29, 0.717) is 18.4 Å². The minimum absolute atomic E-state index is 0.0367. The first kappa shape index (κ1) is 14.8. The van der Waals surface area contributed by atoms with Crippen molar-refractivity contribution in [2.24, 2.45) is 11.8 Å². The molecule has 0 amide bonds. The van der Waals surface area contributed by atoms with Gasteiger partial charge in [-0.05, 0) is 45.6 Å². The second kappa shape index (κ2) is 5.80. The van der Waals surface area contributed by atoms with Crippen molar-refractivity contribution in [1.82, 2.24) is 10.2 Å². The molecule has 4 nitrogen and oxygen atoms in total. The molecule has 2 saturated heterocycles. The first-order chi connectivity index (χ1) is 9.02. The monoisotopic (exact) mass is 268 g/mol. The molecule has 0 saturated carbocycles. The van der Waals surface area contributed by atoms with E-state index in [-0.39, 0.29) is 17.6 Å². The van der Waals surface area contributed by atoms with Gasteiger partial charge in [-0.15, -0.1) is 0 Å². The van der Waals surface area contributed by atoms with E-state index in [0.717, 1.165) is 32.5 Å². The number of rotatable bonds is 5. The molecule has 0 radical (unpaired) electrons. The third-order valence-corrected chi connectivity index (χ3v) is 4.92. The van der Waals surface area contributed by atoms with E-state index in [1.54, 1.807) is 0 Å². The van der Waals surface area contributed by atoms with Crippen LogP contribution in [0.1, 0.15) is 40.5 Å². The van der Waals surface area contributed by atoms with Gasteiger partial charge in [0, 0.05) is 18.6 Å². The van der Waals surface area contributed by atoms with Crippen molar-refractivity contribution in [3.8, 4) is 0 Å². The molecule has 2 aliphatic heterocycles. The molecule has 0 aromatic rings. The number of nitrogens with zero attached hydrogens (tertiary/aromatic N) is 1. The summed E-state index contributed by atoms with van der Waals surface area (Å²) < 4.78 is 5.29. The number of fused-ring (bicyclic) bond motifs is 1. The van der Waals surface area contributed by atoms with Crippen LogP contribution < -0.4 is 5.32 Å². The number of carbonyl (C=O) groups is 1. The first-order valence-corrected chi connectivity index (χ1v) is 7.66. The molecule has 2 aliphatic rings. The molecule has 1 N–H and O–H groups in total. The van der Waals surface area contributed by atoms with Crippen LogP contribution in [-0.4, -0.2) is 48.7 Å². The second-order valence-corrected chi connectivity index (χ2v) is 6.39. The fourth-order valence-electron chi connectivity index (χ4n) is 3.89. The predicted molar refractivity (Wildman–Crippen MR) is 76.0 cm³/mol. The number of ether oxygens (including phenoxy) is 1. The summed E-state index contributed by atoms with van der Waals surface area (Å²) in [5, 5.41) is 3.48. The van der Waals surface area contributed by atoms with Crippen LogP contribution in [0.15, 0.2) is 0 Å². The lowest BCUT2D eigenvalue weighted by Crippen LogP contribution is -2.53. The number of likely N-dealkylation sites (tertiary alicyclic amines) is 1. The zero-order chi connectivity index (χ0) is 14.0. The molecule has 2 rings (SSSR count). The van der Waals surface area contributed by atoms with Crippen LogP contribution in [0.5, 0.6) is 0 Å². The topological polar surface area (TPSA) is 41.6 Å². The van der Waals surface area contributed by atoms with Crippen molar-refractivity contribution < 1.29 is 9.53 Å². The maximum atomic E-state index is 12.2. The number of hydrogen-bond donors (Lipinski definition) is 1. The van der Waals surface area contributed by atoms with Gasteiger partial charge in [-0.2, -0.15) is 0 Å². The standard InChI is InChI=1S/C15H28N2O2/c1-5-7-13(14(18)19-6-2)17-10-11-8-16-9-12(11)15(17,3)4/h11-13,16H,5-10H2,1-4H3. The quantitative estimate of drug-likeness (QED) is 0.770. The third-order valence-electron chi connectivity index (χ3n) is 4.92. The maximum Gasteiger partial charge on any atom is 0.323 e. The summed E-state index contributed by atoms with van der Waals surface area (Å²) in [4.78, 5) is 14.7. The zero-order valence-electron chi connectivity index (χ0n) is 12.7. The molecule has 0 aromatic heterocycles. The molecule has 3 unspecified atom stereocenters. The molecular formula is C15H28N2O2. The first-order valence-electron chi connectivity index (χ1n) is 7.66. The van der Waals surface area contributed by atoms with Gasteiger partial charge in [0.05, 0.1) is 6.61 Å². The SMILES string of the molecule is CCCC(C(=O)OCC)N1CC2CNCC2C1(C)C. The Balaban J connectivity index is 2.15. The van der Waals surface area contributed by atoms with Crippen LogP contribution >= 0.6 is 0 Å². The van der Waals surface area contributed by atoms with Crippen molar-refractivity contribution >= 4 is 5.97 Å². The van der Waals surface area contributed by atoms with E-state index in [1.165, 1.54) is 0 Å². The molecule has 3 atom stereocenters. The lowest BCUT2D eigenvalue weighted by atomic mass is 9.84. The Morgan fingerprint density at radius 3 is 2.74 bits per heavy atom. The van der Waals surface area contributed by atoms with E-state index < -0.39 is 0 Å². The maximum absolute atomic E-state index is 12.2. The summed E-state index contributed by atoms with van der Waals surface area (Å²) in [7, 11) is 0. The van der Waals surface area contributed by atoms with Crippen molar-refractivity contribution in [3.05, 3.63) is 0 Å². The highest BCUT2D eigenvalue weighted by Crippen LogP contribution is 2.42. The van der Waals surface area contributed by atoms with Crippen molar-refractivity contribution in [3.63, 3.8) is 0 Å². The largest absolute Gasteiger partial charge is 0.465 e. The zero-order valence-corrected chi connectivity index (χ0v) is 12.7. The lowest BCUT2D eigenvalue weighted by molar-refractivity contribution is -0.151. The van der Waals surface area contributed by atoms with E-state index >= 15 is 0 Å². The Hall–Kier alpha value is -0.610. The summed E-state index contributed by atoms with van der Waals surface area (Å²) in [6, 6.07) is -0.0643.